The van der Waals surface area contributed by atoms with Crippen LogP contribution >= 0.6 is 0 Å². The molecule has 84 valence electrons. The molecule has 0 aliphatic heterocycles. The molecule has 14 heavy (non-hydrogen) atoms. The van der Waals surface area contributed by atoms with Crippen LogP contribution in [-0.4, -0.2) is 17.3 Å². The fraction of sp³-hybridized carbons (Fsp3) is 1.00. The van der Waals surface area contributed by atoms with Gasteiger partial charge in [0.25, 0.3) is 0 Å². The van der Waals surface area contributed by atoms with Gasteiger partial charge in [0.05, 0.1) is 6.10 Å². The highest BCUT2D eigenvalue weighted by Gasteiger charge is 2.13. The summed E-state index contributed by atoms with van der Waals surface area (Å²) in [6, 6.07) is 0.0226. The average molecular weight is 199 g/mol. The van der Waals surface area contributed by atoms with Gasteiger partial charge in [-0.2, -0.15) is 0 Å². The van der Waals surface area contributed by atoms with Crippen molar-refractivity contribution in [3.63, 3.8) is 0 Å². The van der Waals surface area contributed by atoms with Gasteiger partial charge < -0.3 is 10.8 Å². The molecule has 0 saturated heterocycles. The zero-order chi connectivity index (χ0) is 10.2. The van der Waals surface area contributed by atoms with Crippen LogP contribution in [0, 0.1) is 0 Å². The van der Waals surface area contributed by atoms with Crippen molar-refractivity contribution in [2.75, 3.05) is 0 Å². The Bertz CT molecular complexity index is 122. The largest absolute Gasteiger partial charge is 0.392 e. The summed E-state index contributed by atoms with van der Waals surface area (Å²) in [5.74, 6) is 0. The van der Waals surface area contributed by atoms with E-state index in [0.29, 0.717) is 0 Å². The third kappa shape index (κ3) is 4.97. The molecule has 3 N–H and O–H groups in total. The van der Waals surface area contributed by atoms with E-state index in [1.165, 1.54) is 44.9 Å². The third-order valence-electron chi connectivity index (χ3n) is 3.28. The van der Waals surface area contributed by atoms with Crippen LogP contribution in [0.15, 0.2) is 0 Å². The minimum Gasteiger partial charge on any atom is -0.392 e. The van der Waals surface area contributed by atoms with Gasteiger partial charge in [0, 0.05) is 6.04 Å². The smallest absolute Gasteiger partial charge is 0.0691 e. The quantitative estimate of drug-likeness (QED) is 0.630. The lowest BCUT2D eigenvalue weighted by Crippen LogP contribution is -2.34. The summed E-state index contributed by atoms with van der Waals surface area (Å²) >= 11 is 0. The van der Waals surface area contributed by atoms with E-state index in [4.69, 9.17) is 5.73 Å². The first-order valence-corrected chi connectivity index (χ1v) is 6.24. The van der Waals surface area contributed by atoms with Gasteiger partial charge in [-0.1, -0.05) is 51.4 Å². The van der Waals surface area contributed by atoms with E-state index >= 15 is 0 Å². The first kappa shape index (κ1) is 12.0. The first-order valence-electron chi connectivity index (χ1n) is 6.24. The third-order valence-corrected chi connectivity index (χ3v) is 3.28. The number of nitrogens with two attached hydrogens (primary N) is 1. The summed E-state index contributed by atoms with van der Waals surface area (Å²) < 4.78 is 0. The summed E-state index contributed by atoms with van der Waals surface area (Å²) in [4.78, 5) is 0. The van der Waals surface area contributed by atoms with E-state index in [2.05, 4.69) is 0 Å². The first-order chi connectivity index (χ1) is 6.80. The lowest BCUT2D eigenvalue weighted by molar-refractivity contribution is 0.126. The molecule has 2 nitrogen and oxygen atoms in total. The van der Waals surface area contributed by atoms with Gasteiger partial charge in [0.1, 0.15) is 0 Å². The molecule has 1 unspecified atom stereocenters. The van der Waals surface area contributed by atoms with Crippen molar-refractivity contribution in [2.24, 2.45) is 5.73 Å². The molecule has 1 aliphatic rings. The van der Waals surface area contributed by atoms with Crippen LogP contribution in [0.4, 0.5) is 0 Å². The molecule has 0 radical (unpaired) electrons. The van der Waals surface area contributed by atoms with E-state index in [0.717, 1.165) is 19.3 Å². The molecule has 2 atom stereocenters. The molecule has 2 heteroatoms. The van der Waals surface area contributed by atoms with Crippen LogP contribution in [0.5, 0.6) is 0 Å². The number of hydrogen-bond acceptors (Lipinski definition) is 2. The number of aliphatic hydroxyl groups excluding tert-OH is 1. The van der Waals surface area contributed by atoms with Gasteiger partial charge in [-0.15, -0.1) is 0 Å². The maximum Gasteiger partial charge on any atom is 0.0691 e. The lowest BCUT2D eigenvalue weighted by Gasteiger charge is -2.19. The molecular weight excluding hydrogens is 174 g/mol. The SMILES string of the molecule is NC1CCCCCCCCCC[C@H]1O. The van der Waals surface area contributed by atoms with Crippen molar-refractivity contribution in [3.8, 4) is 0 Å². The highest BCUT2D eigenvalue weighted by molar-refractivity contribution is 4.72. The highest BCUT2D eigenvalue weighted by atomic mass is 16.3. The molecule has 1 aliphatic carbocycles. The molecule has 0 aromatic heterocycles. The minimum atomic E-state index is -0.255. The van der Waals surface area contributed by atoms with Crippen molar-refractivity contribution >= 4 is 0 Å². The fourth-order valence-electron chi connectivity index (χ4n) is 2.20. The van der Waals surface area contributed by atoms with Crippen LogP contribution in [0.2, 0.25) is 0 Å². The van der Waals surface area contributed by atoms with Crippen molar-refractivity contribution in [1.82, 2.24) is 0 Å². The van der Waals surface area contributed by atoms with Gasteiger partial charge in [-0.3, -0.25) is 0 Å². The Hall–Kier alpha value is -0.0800. The molecule has 1 saturated carbocycles. The number of hydrogen-bond donors (Lipinski definition) is 2. The van der Waals surface area contributed by atoms with Gasteiger partial charge in [-0.05, 0) is 12.8 Å². The van der Waals surface area contributed by atoms with Crippen molar-refractivity contribution in [3.05, 3.63) is 0 Å². The number of aliphatic hydroxyl groups is 1. The second kappa shape index (κ2) is 7.24. The second-order valence-electron chi connectivity index (χ2n) is 4.64. The molecule has 0 amide bonds. The molecule has 1 fully saturated rings. The monoisotopic (exact) mass is 199 g/mol. The maximum absolute atomic E-state index is 9.74. The van der Waals surface area contributed by atoms with Crippen LogP contribution in [-0.2, 0) is 0 Å². The molecule has 1 rings (SSSR count). The van der Waals surface area contributed by atoms with Crippen LogP contribution in [0.1, 0.15) is 64.2 Å². The molecule has 0 spiro atoms. The van der Waals surface area contributed by atoms with Crippen LogP contribution < -0.4 is 5.73 Å². The zero-order valence-corrected chi connectivity index (χ0v) is 9.25. The normalized spacial score (nSPS) is 33.0. The second-order valence-corrected chi connectivity index (χ2v) is 4.64. The predicted octanol–water partition coefficient (Wildman–Crippen LogP) is 2.59. The Morgan fingerprint density at radius 2 is 1.14 bits per heavy atom. The van der Waals surface area contributed by atoms with Crippen LogP contribution in [0.3, 0.4) is 0 Å². The summed E-state index contributed by atoms with van der Waals surface area (Å²) in [5, 5.41) is 9.74. The van der Waals surface area contributed by atoms with Gasteiger partial charge in [0.2, 0.25) is 0 Å². The fourth-order valence-corrected chi connectivity index (χ4v) is 2.20. The molecular formula is C12H25NO. The van der Waals surface area contributed by atoms with Gasteiger partial charge in [-0.25, -0.2) is 0 Å². The zero-order valence-electron chi connectivity index (χ0n) is 9.25. The maximum atomic E-state index is 9.74. The predicted molar refractivity (Wildman–Crippen MR) is 60.2 cm³/mol. The van der Waals surface area contributed by atoms with Crippen molar-refractivity contribution < 1.29 is 5.11 Å². The van der Waals surface area contributed by atoms with Gasteiger partial charge in [0.15, 0.2) is 0 Å². The van der Waals surface area contributed by atoms with E-state index < -0.39 is 0 Å². The molecule has 0 heterocycles. The summed E-state index contributed by atoms with van der Waals surface area (Å²) in [7, 11) is 0. The summed E-state index contributed by atoms with van der Waals surface area (Å²) in [6.07, 6.45) is 12.0. The topological polar surface area (TPSA) is 46.2 Å². The van der Waals surface area contributed by atoms with E-state index in [1.807, 2.05) is 0 Å². The number of rotatable bonds is 0. The van der Waals surface area contributed by atoms with Gasteiger partial charge >= 0.3 is 0 Å². The Morgan fingerprint density at radius 3 is 1.71 bits per heavy atom. The summed E-state index contributed by atoms with van der Waals surface area (Å²) in [6.45, 7) is 0. The minimum absolute atomic E-state index is 0.0226. The Balaban J connectivity index is 2.23. The molecule has 0 aromatic carbocycles. The molecule has 0 aromatic rings. The Labute approximate surface area is 87.9 Å². The average Bonchev–Trinajstić information content (AvgIpc) is 2.18. The standard InChI is InChI=1S/C12H25NO/c13-11-9-7-5-3-1-2-4-6-8-10-12(11)14/h11-12,14H,1-10,13H2/t11?,12-/m1/s1. The van der Waals surface area contributed by atoms with E-state index in [9.17, 15) is 5.11 Å². The molecule has 0 bridgehead atoms. The Kier molecular flexibility index (Phi) is 6.20. The van der Waals surface area contributed by atoms with E-state index in [-0.39, 0.29) is 12.1 Å². The Morgan fingerprint density at radius 1 is 0.714 bits per heavy atom. The van der Waals surface area contributed by atoms with Crippen LogP contribution in [0.25, 0.3) is 0 Å². The van der Waals surface area contributed by atoms with Crippen molar-refractivity contribution in [2.45, 2.75) is 76.4 Å². The highest BCUT2D eigenvalue weighted by Crippen LogP contribution is 2.16. The van der Waals surface area contributed by atoms with Crippen molar-refractivity contribution in [1.29, 1.82) is 0 Å². The lowest BCUT2D eigenvalue weighted by atomic mass is 9.96. The van der Waals surface area contributed by atoms with E-state index in [1.54, 1.807) is 0 Å². The summed E-state index contributed by atoms with van der Waals surface area (Å²) in [5.41, 5.74) is 5.91.